The Morgan fingerprint density at radius 2 is 1.60 bits per heavy atom. The summed E-state index contributed by atoms with van der Waals surface area (Å²) in [6.45, 7) is 13.6. The third kappa shape index (κ3) is 3.07. The van der Waals surface area contributed by atoms with Crippen LogP contribution in [0.4, 0.5) is 0 Å². The van der Waals surface area contributed by atoms with E-state index in [0.29, 0.717) is 12.3 Å². The van der Waals surface area contributed by atoms with Gasteiger partial charge in [0.1, 0.15) is 0 Å². The Morgan fingerprint density at radius 1 is 0.943 bits per heavy atom. The maximum absolute atomic E-state index is 12.8. The molecule has 0 radical (unpaired) electrons. The van der Waals surface area contributed by atoms with Gasteiger partial charge in [0.15, 0.2) is 0 Å². The van der Waals surface area contributed by atoms with Crippen LogP contribution >= 0.6 is 0 Å². The van der Waals surface area contributed by atoms with Gasteiger partial charge in [0, 0.05) is 5.41 Å². The summed E-state index contributed by atoms with van der Waals surface area (Å²) in [6.07, 6.45) is 8.40. The van der Waals surface area contributed by atoms with Crippen LogP contribution in [0.5, 0.6) is 0 Å². The molecule has 0 unspecified atom stereocenters. The van der Waals surface area contributed by atoms with Gasteiger partial charge in [-0.05, 0) is 97.2 Å². The van der Waals surface area contributed by atoms with Crippen molar-refractivity contribution in [2.45, 2.75) is 112 Å². The second-order valence-corrected chi connectivity index (χ2v) is 15.1. The minimum absolute atomic E-state index is 0.00698. The third-order valence-corrected chi connectivity index (χ3v) is 13.2. The third-order valence-electron chi connectivity index (χ3n) is 13.2. The number of carboxylic acids is 1. The first-order valence-electron chi connectivity index (χ1n) is 14.0. The zero-order chi connectivity index (χ0) is 25.8. The second-order valence-electron chi connectivity index (χ2n) is 15.1. The van der Waals surface area contributed by atoms with E-state index in [2.05, 4.69) is 40.7 Å². The highest BCUT2D eigenvalue weighted by atomic mass is 16.4. The molecular weight excluding hydrogens is 440 g/mol. The summed E-state index contributed by atoms with van der Waals surface area (Å²) >= 11 is 0. The average Bonchev–Trinajstić information content (AvgIpc) is 2.77. The molecule has 0 aliphatic heterocycles. The molecule has 4 saturated carbocycles. The fraction of sp³-hybridized carbons (Fsp3) is 0.900. The Bertz CT molecular complexity index is 941. The molecule has 5 heteroatoms. The number of rotatable bonds is 2. The van der Waals surface area contributed by atoms with Gasteiger partial charge in [-0.2, -0.15) is 0 Å². The van der Waals surface area contributed by atoms with Crippen molar-refractivity contribution < 1.29 is 25.2 Å². The highest BCUT2D eigenvalue weighted by Gasteiger charge is 2.70. The summed E-state index contributed by atoms with van der Waals surface area (Å²) in [7, 11) is 0. The molecule has 0 spiro atoms. The van der Waals surface area contributed by atoms with E-state index in [0.717, 1.165) is 51.4 Å². The van der Waals surface area contributed by atoms with Crippen molar-refractivity contribution in [3.05, 3.63) is 11.6 Å². The number of carbonyl (C=O) groups is 1. The minimum Gasteiger partial charge on any atom is -0.481 e. The van der Waals surface area contributed by atoms with E-state index in [-0.39, 0.29) is 40.1 Å². The maximum atomic E-state index is 12.8. The molecule has 5 aliphatic carbocycles. The number of allylic oxidation sites excluding steroid dienone is 2. The highest BCUT2D eigenvalue weighted by molar-refractivity contribution is 5.76. The number of aliphatic hydroxyl groups is 3. The average molecular weight is 489 g/mol. The first-order chi connectivity index (χ1) is 16.1. The predicted octanol–water partition coefficient (Wildman–Crippen LogP) is 5.18. The molecule has 4 N–H and O–H groups in total. The Kier molecular flexibility index (Phi) is 5.56. The van der Waals surface area contributed by atoms with Gasteiger partial charge in [-0.25, -0.2) is 0 Å². The van der Waals surface area contributed by atoms with E-state index >= 15 is 0 Å². The van der Waals surface area contributed by atoms with Gasteiger partial charge in [0.25, 0.3) is 0 Å². The summed E-state index contributed by atoms with van der Waals surface area (Å²) < 4.78 is 0. The van der Waals surface area contributed by atoms with Gasteiger partial charge < -0.3 is 20.4 Å². The van der Waals surface area contributed by atoms with Crippen molar-refractivity contribution in [1.82, 2.24) is 0 Å². The summed E-state index contributed by atoms with van der Waals surface area (Å²) in [4.78, 5) is 12.8. The normalized spacial score (nSPS) is 55.0. The van der Waals surface area contributed by atoms with Gasteiger partial charge >= 0.3 is 5.97 Å². The molecule has 0 heterocycles. The molecule has 0 saturated heterocycles. The standard InChI is InChI=1S/C30H48O5/c1-25(2)11-13-30(24(34)35)14-12-28(5)18(19(30)15-25)7-8-22-26(3)16-20(32)23(33)27(4,17-31)21(26)9-10-29(22,28)6/h7,19-23,31-33H,8-17H2,1-6H3,(H,34,35)/t19-,20+,21-,22+,23-,26-,27-,28-,29+,30-/m0/s1. The lowest BCUT2D eigenvalue weighted by atomic mass is 9.33. The SMILES string of the molecule is CC1(C)CC[C@]2(C(=O)O)CC[C@@]3(C)C(=CC[C@@H]4[C@@]5(C)C[C@@H](O)[C@H](O)[C@@](C)(CO)[C@H]5CC[C@]43C)[C@@H]2C1. The molecule has 5 aliphatic rings. The number of hydrogen-bond acceptors (Lipinski definition) is 4. The van der Waals surface area contributed by atoms with E-state index in [1.165, 1.54) is 5.57 Å². The maximum Gasteiger partial charge on any atom is 0.310 e. The Labute approximate surface area is 211 Å². The van der Waals surface area contributed by atoms with Crippen LogP contribution in [0.1, 0.15) is 99.3 Å². The number of aliphatic hydroxyl groups excluding tert-OH is 3. The van der Waals surface area contributed by atoms with Crippen molar-refractivity contribution in [1.29, 1.82) is 0 Å². The fourth-order valence-corrected chi connectivity index (χ4v) is 10.8. The van der Waals surface area contributed by atoms with Gasteiger partial charge in [-0.1, -0.05) is 53.2 Å². The molecule has 5 rings (SSSR count). The van der Waals surface area contributed by atoms with Crippen molar-refractivity contribution in [3.8, 4) is 0 Å². The first kappa shape index (κ1) is 25.7. The Balaban J connectivity index is 1.61. The van der Waals surface area contributed by atoms with Crippen LogP contribution < -0.4 is 0 Å². The van der Waals surface area contributed by atoms with Crippen LogP contribution in [0, 0.1) is 50.2 Å². The zero-order valence-corrected chi connectivity index (χ0v) is 22.7. The van der Waals surface area contributed by atoms with E-state index in [1.54, 1.807) is 0 Å². The quantitative estimate of drug-likeness (QED) is 0.402. The van der Waals surface area contributed by atoms with Gasteiger partial charge in [0.2, 0.25) is 0 Å². The molecule has 5 nitrogen and oxygen atoms in total. The lowest BCUT2D eigenvalue weighted by Gasteiger charge is -2.71. The molecule has 198 valence electrons. The van der Waals surface area contributed by atoms with Crippen LogP contribution in [0.25, 0.3) is 0 Å². The lowest BCUT2D eigenvalue weighted by molar-refractivity contribution is -0.243. The first-order valence-corrected chi connectivity index (χ1v) is 14.0. The molecule has 10 atom stereocenters. The number of hydrogen-bond donors (Lipinski definition) is 4. The van der Waals surface area contributed by atoms with Crippen LogP contribution in [0.2, 0.25) is 0 Å². The van der Waals surface area contributed by atoms with Crippen LogP contribution in [0.3, 0.4) is 0 Å². The number of fused-ring (bicyclic) bond motifs is 7. The molecule has 4 fully saturated rings. The fourth-order valence-electron chi connectivity index (χ4n) is 10.8. The van der Waals surface area contributed by atoms with E-state index in [4.69, 9.17) is 0 Å². The van der Waals surface area contributed by atoms with Crippen molar-refractivity contribution in [3.63, 3.8) is 0 Å². The minimum atomic E-state index is -0.907. The topological polar surface area (TPSA) is 98.0 Å². The monoisotopic (exact) mass is 488 g/mol. The zero-order valence-electron chi connectivity index (χ0n) is 22.7. The van der Waals surface area contributed by atoms with Gasteiger partial charge in [-0.15, -0.1) is 0 Å². The molecule has 0 bridgehead atoms. The Hall–Kier alpha value is -0.910. The molecule has 35 heavy (non-hydrogen) atoms. The molecule has 0 aromatic rings. The molecule has 0 aromatic heterocycles. The summed E-state index contributed by atoms with van der Waals surface area (Å²) in [5, 5.41) is 42.8. The van der Waals surface area contributed by atoms with Crippen LogP contribution in [-0.4, -0.2) is 45.2 Å². The van der Waals surface area contributed by atoms with Crippen LogP contribution in [-0.2, 0) is 4.79 Å². The number of aliphatic carboxylic acids is 1. The van der Waals surface area contributed by atoms with E-state index < -0.39 is 29.0 Å². The molecule has 0 amide bonds. The van der Waals surface area contributed by atoms with Gasteiger partial charge in [0.05, 0.1) is 24.2 Å². The van der Waals surface area contributed by atoms with Crippen molar-refractivity contribution in [2.75, 3.05) is 6.61 Å². The Morgan fingerprint density at radius 3 is 2.23 bits per heavy atom. The van der Waals surface area contributed by atoms with Gasteiger partial charge in [-0.3, -0.25) is 4.79 Å². The van der Waals surface area contributed by atoms with E-state index in [9.17, 15) is 25.2 Å². The second kappa shape index (κ2) is 7.57. The summed E-state index contributed by atoms with van der Waals surface area (Å²) in [6, 6.07) is 0. The smallest absolute Gasteiger partial charge is 0.310 e. The lowest BCUT2D eigenvalue weighted by Crippen LogP contribution is -2.68. The predicted molar refractivity (Wildman–Crippen MR) is 135 cm³/mol. The molecular formula is C30H48O5. The molecule has 0 aromatic carbocycles. The summed E-state index contributed by atoms with van der Waals surface area (Å²) in [5.41, 5.74) is -0.0632. The van der Waals surface area contributed by atoms with Crippen molar-refractivity contribution >= 4 is 5.97 Å². The van der Waals surface area contributed by atoms with Crippen molar-refractivity contribution in [2.24, 2.45) is 50.2 Å². The number of carboxylic acid groups (broad SMARTS) is 1. The largest absolute Gasteiger partial charge is 0.481 e. The van der Waals surface area contributed by atoms with Crippen LogP contribution in [0.15, 0.2) is 11.6 Å². The highest BCUT2D eigenvalue weighted by Crippen LogP contribution is 2.75. The van der Waals surface area contributed by atoms with E-state index in [1.807, 2.05) is 6.92 Å². The summed E-state index contributed by atoms with van der Waals surface area (Å²) in [5.74, 6) is -0.0472.